The van der Waals surface area contributed by atoms with E-state index in [-0.39, 0.29) is 0 Å². The minimum absolute atomic E-state index is 0.546. The van der Waals surface area contributed by atoms with Crippen molar-refractivity contribution in [3.05, 3.63) is 45.0 Å². The van der Waals surface area contributed by atoms with E-state index in [0.717, 1.165) is 0 Å². The number of alkyl halides is 2. The smallest absolute Gasteiger partial charge is 0.263 e. The molecule has 0 aliphatic heterocycles. The number of benzene rings is 1. The van der Waals surface area contributed by atoms with Crippen LogP contribution in [0.2, 0.25) is 5.02 Å². The molecule has 2 unspecified atom stereocenters. The predicted octanol–water partition coefficient (Wildman–Crippen LogP) is 3.46. The average molecular weight is 255 g/mol. The van der Waals surface area contributed by atoms with Gasteiger partial charge in [-0.1, -0.05) is 23.7 Å². The van der Waals surface area contributed by atoms with Crippen molar-refractivity contribution < 1.29 is 4.92 Å². The van der Waals surface area contributed by atoms with Crippen LogP contribution in [0.15, 0.2) is 24.3 Å². The van der Waals surface area contributed by atoms with Crippen molar-refractivity contribution >= 4 is 34.8 Å². The zero-order chi connectivity index (χ0) is 10.7. The lowest BCUT2D eigenvalue weighted by molar-refractivity contribution is -0.498. The molecule has 6 heteroatoms. The van der Waals surface area contributed by atoms with Crippen molar-refractivity contribution in [3.8, 4) is 0 Å². The standard InChI is InChI=1S/C8H6Cl3NO2/c9-6-3-1-5(2-4-6)7(10)8(11)12(13)14/h1-4,7-8H. The summed E-state index contributed by atoms with van der Waals surface area (Å²) in [6, 6.07) is 6.43. The second kappa shape index (κ2) is 4.82. The van der Waals surface area contributed by atoms with Crippen molar-refractivity contribution in [2.45, 2.75) is 10.9 Å². The van der Waals surface area contributed by atoms with Crippen molar-refractivity contribution in [2.75, 3.05) is 0 Å². The Morgan fingerprint density at radius 3 is 2.14 bits per heavy atom. The van der Waals surface area contributed by atoms with E-state index in [9.17, 15) is 10.1 Å². The summed E-state index contributed by atoms with van der Waals surface area (Å²) in [6.07, 6.45) is 0. The SMILES string of the molecule is O=[N+]([O-])C(Cl)C(Cl)c1ccc(Cl)cc1. The lowest BCUT2D eigenvalue weighted by Crippen LogP contribution is -2.17. The second-order valence-electron chi connectivity index (χ2n) is 2.61. The number of nitro groups is 1. The van der Waals surface area contributed by atoms with Gasteiger partial charge >= 0.3 is 5.50 Å². The highest BCUT2D eigenvalue weighted by molar-refractivity contribution is 6.31. The summed E-state index contributed by atoms with van der Waals surface area (Å²) in [6.45, 7) is 0. The van der Waals surface area contributed by atoms with E-state index in [0.29, 0.717) is 10.6 Å². The first-order valence-corrected chi connectivity index (χ1v) is 4.94. The highest BCUT2D eigenvalue weighted by Crippen LogP contribution is 2.28. The molecular formula is C8H6Cl3NO2. The quantitative estimate of drug-likeness (QED) is 0.359. The van der Waals surface area contributed by atoms with Crippen LogP contribution in [0.5, 0.6) is 0 Å². The first-order valence-electron chi connectivity index (χ1n) is 3.69. The Hall–Kier alpha value is -0.510. The van der Waals surface area contributed by atoms with Gasteiger partial charge in [0, 0.05) is 9.95 Å². The molecule has 0 heterocycles. The molecule has 1 aromatic rings. The Kier molecular flexibility index (Phi) is 3.98. The fourth-order valence-electron chi connectivity index (χ4n) is 0.912. The number of hydrogen-bond acceptors (Lipinski definition) is 2. The molecule has 0 bridgehead atoms. The van der Waals surface area contributed by atoms with Gasteiger partial charge < -0.3 is 0 Å². The molecule has 0 N–H and O–H groups in total. The van der Waals surface area contributed by atoms with E-state index in [2.05, 4.69) is 0 Å². The minimum atomic E-state index is -1.34. The van der Waals surface area contributed by atoms with Gasteiger partial charge in [-0.3, -0.25) is 10.1 Å². The van der Waals surface area contributed by atoms with Gasteiger partial charge in [0.2, 0.25) is 0 Å². The Labute approximate surface area is 95.7 Å². The van der Waals surface area contributed by atoms with Crippen LogP contribution in [0.3, 0.4) is 0 Å². The third-order valence-electron chi connectivity index (χ3n) is 1.63. The van der Waals surface area contributed by atoms with Crippen LogP contribution in [0.1, 0.15) is 10.9 Å². The Morgan fingerprint density at radius 1 is 1.21 bits per heavy atom. The van der Waals surface area contributed by atoms with E-state index in [1.807, 2.05) is 0 Å². The third kappa shape index (κ3) is 2.74. The Morgan fingerprint density at radius 2 is 1.71 bits per heavy atom. The Balaban J connectivity index is 2.84. The van der Waals surface area contributed by atoms with E-state index in [1.54, 1.807) is 24.3 Å². The highest BCUT2D eigenvalue weighted by Gasteiger charge is 2.28. The molecule has 0 spiro atoms. The molecule has 0 fully saturated rings. The maximum Gasteiger partial charge on any atom is 0.306 e. The van der Waals surface area contributed by atoms with Crippen LogP contribution in [-0.4, -0.2) is 10.4 Å². The zero-order valence-electron chi connectivity index (χ0n) is 6.86. The molecule has 0 amide bonds. The van der Waals surface area contributed by atoms with E-state index >= 15 is 0 Å². The lowest BCUT2D eigenvalue weighted by atomic mass is 10.1. The summed E-state index contributed by atoms with van der Waals surface area (Å²) in [4.78, 5) is 9.71. The molecular weight excluding hydrogens is 248 g/mol. The summed E-state index contributed by atoms with van der Waals surface area (Å²) < 4.78 is 0. The minimum Gasteiger partial charge on any atom is -0.263 e. The van der Waals surface area contributed by atoms with Crippen molar-refractivity contribution in [1.82, 2.24) is 0 Å². The molecule has 0 radical (unpaired) electrons. The van der Waals surface area contributed by atoms with Gasteiger partial charge in [-0.2, -0.15) is 0 Å². The monoisotopic (exact) mass is 253 g/mol. The van der Waals surface area contributed by atoms with Crippen LogP contribution in [0.4, 0.5) is 0 Å². The average Bonchev–Trinajstić information content (AvgIpc) is 2.16. The zero-order valence-corrected chi connectivity index (χ0v) is 9.13. The van der Waals surface area contributed by atoms with Crippen LogP contribution in [-0.2, 0) is 0 Å². The number of hydrogen-bond donors (Lipinski definition) is 0. The van der Waals surface area contributed by atoms with Crippen molar-refractivity contribution in [2.24, 2.45) is 0 Å². The first-order chi connectivity index (χ1) is 6.52. The maximum absolute atomic E-state index is 10.3. The lowest BCUT2D eigenvalue weighted by Gasteiger charge is -2.09. The largest absolute Gasteiger partial charge is 0.306 e. The number of nitrogens with zero attached hydrogens (tertiary/aromatic N) is 1. The molecule has 1 aromatic carbocycles. The fourth-order valence-corrected chi connectivity index (χ4v) is 1.42. The van der Waals surface area contributed by atoms with Crippen LogP contribution >= 0.6 is 34.8 Å². The number of halogens is 3. The number of rotatable bonds is 3. The van der Waals surface area contributed by atoms with Crippen molar-refractivity contribution in [3.63, 3.8) is 0 Å². The van der Waals surface area contributed by atoms with E-state index in [4.69, 9.17) is 34.8 Å². The van der Waals surface area contributed by atoms with Crippen LogP contribution in [0, 0.1) is 10.1 Å². The van der Waals surface area contributed by atoms with Gasteiger partial charge in [-0.15, -0.1) is 11.6 Å². The molecule has 0 aromatic heterocycles. The summed E-state index contributed by atoms with van der Waals surface area (Å²) in [5.41, 5.74) is -0.759. The molecule has 14 heavy (non-hydrogen) atoms. The van der Waals surface area contributed by atoms with Gasteiger partial charge in [-0.05, 0) is 29.3 Å². The molecule has 0 aliphatic rings. The van der Waals surface area contributed by atoms with Gasteiger partial charge in [0.1, 0.15) is 5.38 Å². The summed E-state index contributed by atoms with van der Waals surface area (Å²) >= 11 is 16.9. The van der Waals surface area contributed by atoms with Crippen LogP contribution < -0.4 is 0 Å². The third-order valence-corrected chi connectivity index (χ3v) is 2.91. The molecule has 0 saturated carbocycles. The van der Waals surface area contributed by atoms with Gasteiger partial charge in [0.25, 0.3) is 0 Å². The molecule has 1 rings (SSSR count). The van der Waals surface area contributed by atoms with Gasteiger partial charge in [0.05, 0.1) is 0 Å². The summed E-state index contributed by atoms with van der Waals surface area (Å²) in [5.74, 6) is 0. The normalized spacial score (nSPS) is 14.8. The van der Waals surface area contributed by atoms with Gasteiger partial charge in [-0.25, -0.2) is 0 Å². The summed E-state index contributed by atoms with van der Waals surface area (Å²) in [5, 5.41) is 10.0. The second-order valence-corrected chi connectivity index (χ2v) is 3.97. The highest BCUT2D eigenvalue weighted by atomic mass is 35.5. The van der Waals surface area contributed by atoms with Crippen molar-refractivity contribution in [1.29, 1.82) is 0 Å². The first kappa shape index (κ1) is 11.6. The summed E-state index contributed by atoms with van der Waals surface area (Å²) in [7, 11) is 0. The van der Waals surface area contributed by atoms with E-state index < -0.39 is 15.8 Å². The molecule has 0 saturated heterocycles. The Bertz CT molecular complexity index is 328. The molecule has 0 aliphatic carbocycles. The maximum atomic E-state index is 10.3. The topological polar surface area (TPSA) is 43.1 Å². The molecule has 76 valence electrons. The predicted molar refractivity (Wildman–Crippen MR) is 56.7 cm³/mol. The van der Waals surface area contributed by atoms with Gasteiger partial charge in [0.15, 0.2) is 0 Å². The molecule has 3 nitrogen and oxygen atoms in total. The van der Waals surface area contributed by atoms with Crippen LogP contribution in [0.25, 0.3) is 0 Å². The van der Waals surface area contributed by atoms with E-state index in [1.165, 1.54) is 0 Å². The molecule has 2 atom stereocenters. The fraction of sp³-hybridized carbons (Fsp3) is 0.250.